The molecule has 0 radical (unpaired) electrons. The van der Waals surface area contributed by atoms with Crippen LogP contribution in [0.5, 0.6) is 0 Å². The summed E-state index contributed by atoms with van der Waals surface area (Å²) in [5.41, 5.74) is 0.454. The molecule has 0 bridgehead atoms. The van der Waals surface area contributed by atoms with Crippen molar-refractivity contribution in [2.24, 2.45) is 0 Å². The fraction of sp³-hybridized carbons (Fsp3) is 0.125. The fourth-order valence-electron chi connectivity index (χ4n) is 2.08. The Morgan fingerprint density at radius 1 is 1.10 bits per heavy atom. The normalized spacial score (nSPS) is 13.9. The second kappa shape index (κ2) is 5.10. The van der Waals surface area contributed by atoms with Gasteiger partial charge in [-0.05, 0) is 48.9 Å². The Hall–Kier alpha value is -2.53. The molecule has 21 heavy (non-hydrogen) atoms. The standard InChI is InChI=1S/C16H13FN2O2/c1-16(20,12-6-8-18-9-7-12)15-10-14(21-19-15)11-2-4-13(17)5-3-11/h2-10,20H,1H3. The molecule has 1 atom stereocenters. The molecule has 0 saturated carbocycles. The summed E-state index contributed by atoms with van der Waals surface area (Å²) in [5.74, 6) is 0.154. The number of rotatable bonds is 3. The lowest BCUT2D eigenvalue weighted by atomic mass is 9.93. The maximum atomic E-state index is 12.9. The van der Waals surface area contributed by atoms with E-state index >= 15 is 0 Å². The molecule has 0 amide bonds. The van der Waals surface area contributed by atoms with E-state index in [9.17, 15) is 9.50 Å². The first-order valence-electron chi connectivity index (χ1n) is 6.43. The highest BCUT2D eigenvalue weighted by Crippen LogP contribution is 2.31. The third-order valence-electron chi connectivity index (χ3n) is 3.38. The fourth-order valence-corrected chi connectivity index (χ4v) is 2.08. The topological polar surface area (TPSA) is 59.2 Å². The lowest BCUT2D eigenvalue weighted by molar-refractivity contribution is 0.0932. The van der Waals surface area contributed by atoms with Gasteiger partial charge in [0.1, 0.15) is 17.1 Å². The van der Waals surface area contributed by atoms with Crippen LogP contribution in [0, 0.1) is 5.82 Å². The van der Waals surface area contributed by atoms with Gasteiger partial charge in [-0.15, -0.1) is 0 Å². The van der Waals surface area contributed by atoms with Crippen LogP contribution in [0.25, 0.3) is 11.3 Å². The molecule has 0 aliphatic carbocycles. The number of hydrogen-bond acceptors (Lipinski definition) is 4. The molecule has 1 aromatic carbocycles. The van der Waals surface area contributed by atoms with Gasteiger partial charge in [0.05, 0.1) is 0 Å². The van der Waals surface area contributed by atoms with E-state index in [1.165, 1.54) is 12.1 Å². The summed E-state index contributed by atoms with van der Waals surface area (Å²) in [5, 5.41) is 14.6. The zero-order chi connectivity index (χ0) is 14.9. The summed E-state index contributed by atoms with van der Waals surface area (Å²) in [7, 11) is 0. The van der Waals surface area contributed by atoms with Crippen LogP contribution in [0.15, 0.2) is 59.4 Å². The molecular weight excluding hydrogens is 271 g/mol. The monoisotopic (exact) mass is 284 g/mol. The lowest BCUT2D eigenvalue weighted by Crippen LogP contribution is -2.23. The van der Waals surface area contributed by atoms with E-state index in [1.807, 2.05) is 0 Å². The minimum absolute atomic E-state index is 0.317. The van der Waals surface area contributed by atoms with Crippen LogP contribution >= 0.6 is 0 Å². The van der Waals surface area contributed by atoms with E-state index in [1.54, 1.807) is 49.6 Å². The van der Waals surface area contributed by atoms with Crippen LogP contribution < -0.4 is 0 Å². The van der Waals surface area contributed by atoms with Crippen molar-refractivity contribution in [1.29, 1.82) is 0 Å². The quantitative estimate of drug-likeness (QED) is 0.802. The van der Waals surface area contributed by atoms with E-state index in [0.717, 1.165) is 0 Å². The van der Waals surface area contributed by atoms with Crippen molar-refractivity contribution in [2.75, 3.05) is 0 Å². The van der Waals surface area contributed by atoms with Crippen molar-refractivity contribution < 1.29 is 14.0 Å². The SMILES string of the molecule is CC(O)(c1ccncc1)c1cc(-c2ccc(F)cc2)on1. The highest BCUT2D eigenvalue weighted by molar-refractivity contribution is 5.57. The van der Waals surface area contributed by atoms with Crippen LogP contribution in [0.4, 0.5) is 4.39 Å². The minimum atomic E-state index is -1.29. The number of pyridine rings is 1. The molecule has 0 spiro atoms. The van der Waals surface area contributed by atoms with Crippen LogP contribution in [-0.4, -0.2) is 15.2 Å². The maximum Gasteiger partial charge on any atom is 0.167 e. The molecule has 0 saturated heterocycles. The largest absolute Gasteiger partial charge is 0.379 e. The molecule has 3 rings (SSSR count). The Balaban J connectivity index is 1.96. The van der Waals surface area contributed by atoms with Gasteiger partial charge in [0.15, 0.2) is 5.76 Å². The van der Waals surface area contributed by atoms with E-state index < -0.39 is 5.60 Å². The second-order valence-corrected chi connectivity index (χ2v) is 4.89. The number of aromatic nitrogens is 2. The van der Waals surface area contributed by atoms with Crippen molar-refractivity contribution in [3.8, 4) is 11.3 Å². The van der Waals surface area contributed by atoms with Gasteiger partial charge in [0.2, 0.25) is 0 Å². The van der Waals surface area contributed by atoms with Crippen LogP contribution in [-0.2, 0) is 5.60 Å². The molecule has 1 unspecified atom stereocenters. The van der Waals surface area contributed by atoms with Crippen LogP contribution in [0.3, 0.4) is 0 Å². The summed E-state index contributed by atoms with van der Waals surface area (Å²) >= 11 is 0. The van der Waals surface area contributed by atoms with Gasteiger partial charge in [-0.1, -0.05) is 5.16 Å². The Kier molecular flexibility index (Phi) is 3.27. The Morgan fingerprint density at radius 3 is 2.43 bits per heavy atom. The zero-order valence-corrected chi connectivity index (χ0v) is 11.3. The summed E-state index contributed by atoms with van der Waals surface area (Å²) < 4.78 is 18.2. The molecule has 0 aliphatic heterocycles. The van der Waals surface area contributed by atoms with Crippen molar-refractivity contribution in [3.05, 3.63) is 71.9 Å². The molecule has 4 nitrogen and oxygen atoms in total. The van der Waals surface area contributed by atoms with Crippen molar-refractivity contribution >= 4 is 0 Å². The van der Waals surface area contributed by atoms with Crippen LogP contribution in [0.2, 0.25) is 0 Å². The Labute approximate surface area is 120 Å². The third-order valence-corrected chi connectivity index (χ3v) is 3.38. The van der Waals surface area contributed by atoms with Gasteiger partial charge in [0.25, 0.3) is 0 Å². The second-order valence-electron chi connectivity index (χ2n) is 4.89. The van der Waals surface area contributed by atoms with Gasteiger partial charge >= 0.3 is 0 Å². The molecule has 0 fully saturated rings. The molecule has 2 aromatic heterocycles. The molecule has 5 heteroatoms. The number of benzene rings is 1. The molecule has 106 valence electrons. The predicted molar refractivity (Wildman–Crippen MR) is 74.8 cm³/mol. The summed E-state index contributed by atoms with van der Waals surface area (Å²) in [6.07, 6.45) is 3.20. The Morgan fingerprint density at radius 2 is 1.76 bits per heavy atom. The van der Waals surface area contributed by atoms with Gasteiger partial charge in [-0.3, -0.25) is 4.98 Å². The van der Waals surface area contributed by atoms with Gasteiger partial charge < -0.3 is 9.63 Å². The first-order valence-corrected chi connectivity index (χ1v) is 6.43. The molecule has 3 aromatic rings. The molecule has 1 N–H and O–H groups in total. The maximum absolute atomic E-state index is 12.9. The lowest BCUT2D eigenvalue weighted by Gasteiger charge is -2.20. The van der Waals surface area contributed by atoms with Crippen molar-refractivity contribution in [2.45, 2.75) is 12.5 Å². The molecular formula is C16H13FN2O2. The number of aliphatic hydroxyl groups is 1. The highest BCUT2D eigenvalue weighted by atomic mass is 19.1. The average molecular weight is 284 g/mol. The average Bonchev–Trinajstić information content (AvgIpc) is 2.99. The van der Waals surface area contributed by atoms with E-state index in [2.05, 4.69) is 10.1 Å². The zero-order valence-electron chi connectivity index (χ0n) is 11.3. The van der Waals surface area contributed by atoms with Gasteiger partial charge in [-0.2, -0.15) is 0 Å². The molecule has 2 heterocycles. The number of halogens is 1. The van der Waals surface area contributed by atoms with E-state index in [4.69, 9.17) is 4.52 Å². The van der Waals surface area contributed by atoms with Crippen molar-refractivity contribution in [1.82, 2.24) is 10.1 Å². The van der Waals surface area contributed by atoms with Gasteiger partial charge in [0, 0.05) is 24.0 Å². The summed E-state index contributed by atoms with van der Waals surface area (Å²) in [6, 6.07) is 11.0. The summed E-state index contributed by atoms with van der Waals surface area (Å²) in [4.78, 5) is 3.92. The predicted octanol–water partition coefficient (Wildman–Crippen LogP) is 3.13. The molecule has 0 aliphatic rings. The first kappa shape index (κ1) is 13.5. The van der Waals surface area contributed by atoms with Crippen molar-refractivity contribution in [3.63, 3.8) is 0 Å². The van der Waals surface area contributed by atoms with Crippen LogP contribution in [0.1, 0.15) is 18.2 Å². The van der Waals surface area contributed by atoms with Gasteiger partial charge in [-0.25, -0.2) is 4.39 Å². The van der Waals surface area contributed by atoms with E-state index in [0.29, 0.717) is 22.6 Å². The smallest absolute Gasteiger partial charge is 0.167 e. The summed E-state index contributed by atoms with van der Waals surface area (Å²) in [6.45, 7) is 1.63. The number of hydrogen-bond donors (Lipinski definition) is 1. The first-order chi connectivity index (χ1) is 10.1. The highest BCUT2D eigenvalue weighted by Gasteiger charge is 2.29. The number of nitrogens with zero attached hydrogens (tertiary/aromatic N) is 2. The Bertz CT molecular complexity index is 736. The van der Waals surface area contributed by atoms with E-state index in [-0.39, 0.29) is 5.82 Å². The minimum Gasteiger partial charge on any atom is -0.379 e. The third kappa shape index (κ3) is 2.55.